The summed E-state index contributed by atoms with van der Waals surface area (Å²) in [6.07, 6.45) is 1.89. The summed E-state index contributed by atoms with van der Waals surface area (Å²) in [5.41, 5.74) is 11.0. The number of phenols is 1. The number of aromatic hydroxyl groups is 1. The summed E-state index contributed by atoms with van der Waals surface area (Å²) in [6, 6.07) is 39.4. The number of thiophene rings is 1. The van der Waals surface area contributed by atoms with Gasteiger partial charge in [0.15, 0.2) is 0 Å². The molecule has 1 N–H and O–H groups in total. The minimum Gasteiger partial charge on any atom is -0.507 e. The smallest absolute Gasteiger partial charge is 0.124 e. The minimum atomic E-state index is 0.0263. The van der Waals surface area contributed by atoms with E-state index in [9.17, 15) is 5.11 Å². The molecule has 0 aliphatic rings. The summed E-state index contributed by atoms with van der Waals surface area (Å²) in [6.45, 7) is 6.65. The molecule has 0 aliphatic carbocycles. The van der Waals surface area contributed by atoms with Crippen LogP contribution < -0.4 is 0 Å². The Bertz CT molecular complexity index is 2140. The van der Waals surface area contributed by atoms with Crippen molar-refractivity contribution in [2.45, 2.75) is 26.2 Å². The van der Waals surface area contributed by atoms with Crippen molar-refractivity contribution in [3.63, 3.8) is 0 Å². The van der Waals surface area contributed by atoms with Gasteiger partial charge in [-0.25, -0.2) is 4.98 Å². The first kappa shape index (κ1) is 27.8. The molecule has 7 aromatic rings. The Labute approximate surface area is 262 Å². The van der Waals surface area contributed by atoms with E-state index in [0.717, 1.165) is 44.9 Å². The number of pyridine rings is 2. The molecule has 3 heterocycles. The number of hydrogen-bond donors (Lipinski definition) is 1. The zero-order valence-electron chi connectivity index (χ0n) is 25.0. The second-order valence-corrected chi connectivity index (χ2v) is 12.9. The molecule has 4 aromatic carbocycles. The molecule has 3 nitrogen and oxygen atoms in total. The summed E-state index contributed by atoms with van der Waals surface area (Å²) in [7, 11) is 0. The van der Waals surface area contributed by atoms with E-state index in [4.69, 9.17) is 9.97 Å². The molecule has 0 unspecified atom stereocenters. The highest BCUT2D eigenvalue weighted by atomic mass is 32.1. The third-order valence-electron chi connectivity index (χ3n) is 8.13. The first-order valence-corrected chi connectivity index (χ1v) is 15.7. The Balaban J connectivity index is 1.42. The number of hydrogen-bond acceptors (Lipinski definition) is 4. The fourth-order valence-electron chi connectivity index (χ4n) is 5.75. The summed E-state index contributed by atoms with van der Waals surface area (Å²) < 4.78 is 0. The summed E-state index contributed by atoms with van der Waals surface area (Å²) >= 11 is 1.72. The number of fused-ring (bicyclic) bond motifs is 1. The van der Waals surface area contributed by atoms with Crippen LogP contribution in [0.5, 0.6) is 5.75 Å². The van der Waals surface area contributed by atoms with E-state index in [1.54, 1.807) is 17.4 Å². The van der Waals surface area contributed by atoms with Crippen LogP contribution >= 0.6 is 11.3 Å². The van der Waals surface area contributed by atoms with Crippen molar-refractivity contribution in [3.05, 3.63) is 138 Å². The van der Waals surface area contributed by atoms with Gasteiger partial charge < -0.3 is 5.11 Å². The quantitative estimate of drug-likeness (QED) is 0.218. The Kier molecular flexibility index (Phi) is 7.07. The highest BCUT2D eigenvalue weighted by Crippen LogP contribution is 2.40. The number of rotatable bonds is 5. The largest absolute Gasteiger partial charge is 0.507 e. The summed E-state index contributed by atoms with van der Waals surface area (Å²) in [4.78, 5) is 9.83. The third kappa shape index (κ3) is 5.29. The van der Waals surface area contributed by atoms with E-state index in [1.807, 2.05) is 24.4 Å². The van der Waals surface area contributed by atoms with E-state index in [-0.39, 0.29) is 11.2 Å². The Morgan fingerprint density at radius 3 is 2.05 bits per heavy atom. The first-order valence-electron chi connectivity index (χ1n) is 14.8. The Morgan fingerprint density at radius 1 is 0.568 bits per heavy atom. The van der Waals surface area contributed by atoms with Gasteiger partial charge in [0.05, 0.1) is 17.1 Å². The Hall–Kier alpha value is -5.06. The summed E-state index contributed by atoms with van der Waals surface area (Å²) in [5, 5.41) is 17.8. The zero-order chi connectivity index (χ0) is 30.3. The standard InChI is InChI=1S/C40H32N2OS/c1-40(2,3)30-18-19-41-36(23-30)26-10-8-11-27(20-26)37-21-29(22-38(42-37)34-15-6-7-17-39(34)43)31-13-4-5-14-32(31)33-16-9-12-28-24-44-25-35(28)33/h4-25,43H,1-3H3. The van der Waals surface area contributed by atoms with Gasteiger partial charge in [0.2, 0.25) is 0 Å². The molecular formula is C40H32N2OS. The fraction of sp³-hybridized carbons (Fsp3) is 0.100. The molecule has 3 aromatic heterocycles. The molecule has 0 amide bonds. The van der Waals surface area contributed by atoms with Crippen LogP contribution in [0.25, 0.3) is 66.8 Å². The van der Waals surface area contributed by atoms with Gasteiger partial charge in [-0.2, -0.15) is 11.3 Å². The van der Waals surface area contributed by atoms with Crippen LogP contribution in [0.15, 0.2) is 132 Å². The minimum absolute atomic E-state index is 0.0263. The lowest BCUT2D eigenvalue weighted by molar-refractivity contribution is 0.477. The van der Waals surface area contributed by atoms with Crippen LogP contribution in [0.2, 0.25) is 0 Å². The molecule has 44 heavy (non-hydrogen) atoms. The van der Waals surface area contributed by atoms with Crippen LogP contribution in [0, 0.1) is 0 Å². The molecule has 214 valence electrons. The highest BCUT2D eigenvalue weighted by molar-refractivity contribution is 7.09. The number of aromatic nitrogens is 2. The van der Waals surface area contributed by atoms with E-state index in [2.05, 4.69) is 123 Å². The van der Waals surface area contributed by atoms with Crippen LogP contribution in [0.1, 0.15) is 26.3 Å². The average Bonchev–Trinajstić information content (AvgIpc) is 3.54. The van der Waals surface area contributed by atoms with Gasteiger partial charge in [-0.1, -0.05) is 93.6 Å². The van der Waals surface area contributed by atoms with Crippen molar-refractivity contribution in [1.29, 1.82) is 0 Å². The third-order valence-corrected chi connectivity index (χ3v) is 8.90. The van der Waals surface area contributed by atoms with Crippen LogP contribution in [0.3, 0.4) is 0 Å². The molecule has 7 rings (SSSR count). The SMILES string of the molecule is CC(C)(C)c1ccnc(-c2cccc(-c3cc(-c4ccccc4-c4cccc5cscc45)cc(-c4ccccc4O)n3)c2)c1. The van der Waals surface area contributed by atoms with Crippen molar-refractivity contribution < 1.29 is 5.11 Å². The number of phenolic OH excluding ortho intramolecular Hbond substituents is 1. The van der Waals surface area contributed by atoms with E-state index in [1.165, 1.54) is 21.9 Å². The topological polar surface area (TPSA) is 46.0 Å². The van der Waals surface area contributed by atoms with Crippen molar-refractivity contribution in [1.82, 2.24) is 9.97 Å². The summed E-state index contributed by atoms with van der Waals surface area (Å²) in [5.74, 6) is 0.205. The van der Waals surface area contributed by atoms with Gasteiger partial charge in [-0.05, 0) is 91.8 Å². The molecule has 0 aliphatic heterocycles. The predicted molar refractivity (Wildman–Crippen MR) is 185 cm³/mol. The molecule has 0 bridgehead atoms. The van der Waals surface area contributed by atoms with Gasteiger partial charge in [-0.3, -0.25) is 4.98 Å². The number of para-hydroxylation sites is 1. The van der Waals surface area contributed by atoms with Crippen LogP contribution in [-0.4, -0.2) is 15.1 Å². The van der Waals surface area contributed by atoms with E-state index >= 15 is 0 Å². The van der Waals surface area contributed by atoms with Crippen LogP contribution in [-0.2, 0) is 5.41 Å². The number of nitrogens with zero attached hydrogens (tertiary/aromatic N) is 2. The van der Waals surface area contributed by atoms with E-state index < -0.39 is 0 Å². The zero-order valence-corrected chi connectivity index (χ0v) is 25.8. The normalized spacial score (nSPS) is 11.6. The van der Waals surface area contributed by atoms with Crippen molar-refractivity contribution >= 4 is 22.1 Å². The molecule has 0 radical (unpaired) electrons. The molecule has 0 fully saturated rings. The lowest BCUT2D eigenvalue weighted by atomic mass is 9.87. The molecule has 0 saturated heterocycles. The monoisotopic (exact) mass is 588 g/mol. The average molecular weight is 589 g/mol. The molecule has 0 spiro atoms. The lowest BCUT2D eigenvalue weighted by Gasteiger charge is -2.19. The molecular weight excluding hydrogens is 557 g/mol. The van der Waals surface area contributed by atoms with Gasteiger partial charge in [0.1, 0.15) is 5.75 Å². The maximum absolute atomic E-state index is 10.9. The molecule has 0 saturated carbocycles. The van der Waals surface area contributed by atoms with Gasteiger partial charge in [-0.15, -0.1) is 0 Å². The van der Waals surface area contributed by atoms with Gasteiger partial charge >= 0.3 is 0 Å². The second kappa shape index (κ2) is 11.2. The van der Waals surface area contributed by atoms with Crippen molar-refractivity contribution in [3.8, 4) is 61.8 Å². The highest BCUT2D eigenvalue weighted by Gasteiger charge is 2.17. The maximum atomic E-state index is 10.9. The second-order valence-electron chi connectivity index (χ2n) is 12.1. The van der Waals surface area contributed by atoms with Crippen LogP contribution in [0.4, 0.5) is 0 Å². The predicted octanol–water partition coefficient (Wildman–Crippen LogP) is 11.0. The fourth-order valence-corrected chi connectivity index (χ4v) is 6.57. The lowest BCUT2D eigenvalue weighted by Crippen LogP contribution is -2.11. The molecule has 4 heteroatoms. The van der Waals surface area contributed by atoms with Gasteiger partial charge in [0.25, 0.3) is 0 Å². The maximum Gasteiger partial charge on any atom is 0.124 e. The Morgan fingerprint density at radius 2 is 1.25 bits per heavy atom. The first-order chi connectivity index (χ1) is 21.3. The van der Waals surface area contributed by atoms with Gasteiger partial charge in [0, 0.05) is 28.3 Å². The molecule has 0 atom stereocenters. The van der Waals surface area contributed by atoms with E-state index in [0.29, 0.717) is 5.56 Å². The number of benzene rings is 4. The van der Waals surface area contributed by atoms with Crippen molar-refractivity contribution in [2.24, 2.45) is 0 Å². The van der Waals surface area contributed by atoms with Crippen molar-refractivity contribution in [2.75, 3.05) is 0 Å².